The maximum Gasteiger partial charge on any atom is 0.269 e. The molecule has 0 spiro atoms. The highest BCUT2D eigenvalue weighted by Gasteiger charge is 2.34. The maximum atomic E-state index is 12.7. The Balaban J connectivity index is 1.88. The van der Waals surface area contributed by atoms with Crippen LogP contribution in [-0.4, -0.2) is 18.6 Å². The first-order valence-electron chi connectivity index (χ1n) is 7.94. The van der Waals surface area contributed by atoms with Crippen molar-refractivity contribution in [2.75, 3.05) is 17.2 Å². The fourth-order valence-corrected chi connectivity index (χ4v) is 2.83. The molecule has 0 fully saturated rings. The van der Waals surface area contributed by atoms with Crippen LogP contribution >= 0.6 is 0 Å². The number of anilines is 2. The van der Waals surface area contributed by atoms with E-state index in [1.54, 1.807) is 18.2 Å². The highest BCUT2D eigenvalue weighted by atomic mass is 16.5. The summed E-state index contributed by atoms with van der Waals surface area (Å²) < 4.78 is 5.88. The predicted molar refractivity (Wildman–Crippen MR) is 92.8 cm³/mol. The minimum Gasteiger partial charge on any atom is -0.478 e. The molecule has 1 unspecified atom stereocenters. The summed E-state index contributed by atoms with van der Waals surface area (Å²) in [6.07, 6.45) is 0.806. The summed E-state index contributed by atoms with van der Waals surface area (Å²) in [5.74, 6) is 0.364. The topological polar surface area (TPSA) is 79.3 Å². The second-order valence-corrected chi connectivity index (χ2v) is 5.79. The molecular formula is C19H19N3O2. The second kappa shape index (κ2) is 6.63. The quantitative estimate of drug-likeness (QED) is 0.693. The van der Waals surface area contributed by atoms with E-state index in [0.717, 1.165) is 12.0 Å². The third kappa shape index (κ3) is 3.04. The van der Waals surface area contributed by atoms with Gasteiger partial charge >= 0.3 is 0 Å². The first-order chi connectivity index (χ1) is 11.6. The van der Waals surface area contributed by atoms with Crippen molar-refractivity contribution in [1.29, 1.82) is 5.26 Å². The smallest absolute Gasteiger partial charge is 0.269 e. The molecule has 0 saturated carbocycles. The van der Waals surface area contributed by atoms with E-state index in [-0.39, 0.29) is 12.5 Å². The molecule has 2 N–H and O–H groups in total. The van der Waals surface area contributed by atoms with Crippen LogP contribution in [0.4, 0.5) is 11.4 Å². The Kier molecular flexibility index (Phi) is 4.39. The molecule has 1 atom stereocenters. The number of hydrogen-bond donors (Lipinski definition) is 1. The molecule has 2 aromatic rings. The summed E-state index contributed by atoms with van der Waals surface area (Å²) in [6, 6.07) is 15.3. The minimum atomic E-state index is -0.637. The van der Waals surface area contributed by atoms with Crippen molar-refractivity contribution in [2.45, 2.75) is 25.9 Å². The number of carbonyl (C=O) groups is 1. The number of nitrogens with two attached hydrogens (primary N) is 1. The van der Waals surface area contributed by atoms with Gasteiger partial charge in [-0.2, -0.15) is 5.26 Å². The number of ether oxygens (including phenoxy) is 1. The van der Waals surface area contributed by atoms with E-state index in [9.17, 15) is 4.79 Å². The van der Waals surface area contributed by atoms with Gasteiger partial charge in [0.05, 0.1) is 11.8 Å². The number of fused-ring (bicyclic) bond motifs is 1. The van der Waals surface area contributed by atoms with Gasteiger partial charge in [-0.15, -0.1) is 0 Å². The molecule has 1 aliphatic heterocycles. The van der Waals surface area contributed by atoms with Crippen LogP contribution < -0.4 is 15.4 Å². The zero-order valence-electron chi connectivity index (χ0n) is 13.5. The van der Waals surface area contributed by atoms with Crippen molar-refractivity contribution < 1.29 is 9.53 Å². The van der Waals surface area contributed by atoms with Gasteiger partial charge in [0.1, 0.15) is 12.3 Å². The number of benzene rings is 2. The number of rotatable bonds is 4. The van der Waals surface area contributed by atoms with Gasteiger partial charge in [-0.1, -0.05) is 31.2 Å². The Bertz CT molecular complexity index is 793. The monoisotopic (exact) mass is 321 g/mol. The van der Waals surface area contributed by atoms with Crippen molar-refractivity contribution in [3.05, 3.63) is 53.6 Å². The van der Waals surface area contributed by atoms with Crippen LogP contribution in [0.25, 0.3) is 0 Å². The van der Waals surface area contributed by atoms with Crippen molar-refractivity contribution in [3.8, 4) is 11.8 Å². The molecule has 5 heteroatoms. The summed E-state index contributed by atoms with van der Waals surface area (Å²) in [5.41, 5.74) is 9.16. The van der Waals surface area contributed by atoms with Gasteiger partial charge in [0.15, 0.2) is 6.10 Å². The molecular weight excluding hydrogens is 302 g/mol. The van der Waals surface area contributed by atoms with E-state index in [0.29, 0.717) is 23.5 Å². The fourth-order valence-electron chi connectivity index (χ4n) is 2.83. The molecule has 2 aromatic carbocycles. The van der Waals surface area contributed by atoms with Crippen LogP contribution in [0.2, 0.25) is 0 Å². The summed E-state index contributed by atoms with van der Waals surface area (Å²) in [6.45, 7) is 2.08. The molecule has 0 bridgehead atoms. The Hall–Kier alpha value is -3.00. The third-order valence-electron chi connectivity index (χ3n) is 4.17. The van der Waals surface area contributed by atoms with Gasteiger partial charge in [0.2, 0.25) is 0 Å². The number of nitrogens with zero attached hydrogens (tertiary/aromatic N) is 2. The number of hydrogen-bond acceptors (Lipinski definition) is 4. The standard InChI is InChI=1S/C19H19N3O2/c1-2-13-3-5-14(6-4-13)11-18-19(23)22(10-9-20)16-12-15(21)7-8-17(16)24-18/h3-8,12,18H,2,10-11,21H2,1H3. The second-order valence-electron chi connectivity index (χ2n) is 5.79. The molecule has 0 aliphatic carbocycles. The van der Waals surface area contributed by atoms with Crippen molar-refractivity contribution >= 4 is 17.3 Å². The summed E-state index contributed by atoms with van der Waals surface area (Å²) in [5, 5.41) is 9.05. The lowest BCUT2D eigenvalue weighted by Crippen LogP contribution is -2.47. The maximum absolute atomic E-state index is 12.7. The highest BCUT2D eigenvalue weighted by Crippen LogP contribution is 2.36. The average molecular weight is 321 g/mol. The van der Waals surface area contributed by atoms with Crippen LogP contribution in [0.15, 0.2) is 42.5 Å². The zero-order chi connectivity index (χ0) is 17.1. The molecule has 1 heterocycles. The van der Waals surface area contributed by atoms with Gasteiger partial charge in [-0.3, -0.25) is 9.69 Å². The molecule has 0 radical (unpaired) electrons. The van der Waals surface area contributed by atoms with Gasteiger partial charge in [-0.05, 0) is 35.7 Å². The van der Waals surface area contributed by atoms with E-state index < -0.39 is 6.10 Å². The van der Waals surface area contributed by atoms with Crippen LogP contribution in [0.1, 0.15) is 18.1 Å². The molecule has 3 rings (SSSR count). The van der Waals surface area contributed by atoms with E-state index in [1.807, 2.05) is 18.2 Å². The number of nitrogen functional groups attached to an aromatic ring is 1. The van der Waals surface area contributed by atoms with E-state index in [4.69, 9.17) is 15.7 Å². The van der Waals surface area contributed by atoms with Gasteiger partial charge in [0, 0.05) is 12.1 Å². The molecule has 0 aromatic heterocycles. The van der Waals surface area contributed by atoms with Crippen molar-refractivity contribution in [2.24, 2.45) is 0 Å². The molecule has 1 amide bonds. The van der Waals surface area contributed by atoms with Gasteiger partial charge in [0.25, 0.3) is 5.91 Å². The average Bonchev–Trinajstić information content (AvgIpc) is 2.60. The highest BCUT2D eigenvalue weighted by molar-refractivity contribution is 6.01. The summed E-state index contributed by atoms with van der Waals surface area (Å²) in [7, 11) is 0. The normalized spacial score (nSPS) is 16.2. The zero-order valence-corrected chi connectivity index (χ0v) is 13.5. The predicted octanol–water partition coefficient (Wildman–Crippen LogP) is 2.69. The van der Waals surface area contributed by atoms with E-state index in [1.165, 1.54) is 10.5 Å². The third-order valence-corrected chi connectivity index (χ3v) is 4.17. The van der Waals surface area contributed by atoms with Crippen LogP contribution in [0.5, 0.6) is 5.75 Å². The lowest BCUT2D eigenvalue weighted by Gasteiger charge is -2.33. The SMILES string of the molecule is CCc1ccc(CC2Oc3ccc(N)cc3N(CC#N)C2=O)cc1. The number of nitriles is 1. The van der Waals surface area contributed by atoms with Crippen LogP contribution in [-0.2, 0) is 17.6 Å². The minimum absolute atomic E-state index is 0.0239. The molecule has 0 saturated heterocycles. The molecule has 122 valence electrons. The summed E-state index contributed by atoms with van der Waals surface area (Å²) in [4.78, 5) is 14.2. The molecule has 5 nitrogen and oxygen atoms in total. The molecule has 24 heavy (non-hydrogen) atoms. The largest absolute Gasteiger partial charge is 0.478 e. The number of amides is 1. The van der Waals surface area contributed by atoms with Crippen molar-refractivity contribution in [3.63, 3.8) is 0 Å². The van der Waals surface area contributed by atoms with Crippen LogP contribution in [0.3, 0.4) is 0 Å². The Morgan fingerprint density at radius 3 is 2.58 bits per heavy atom. The number of aryl methyl sites for hydroxylation is 1. The lowest BCUT2D eigenvalue weighted by molar-refractivity contribution is -0.126. The molecule has 1 aliphatic rings. The van der Waals surface area contributed by atoms with Gasteiger partial charge in [-0.25, -0.2) is 0 Å². The Morgan fingerprint density at radius 1 is 1.21 bits per heavy atom. The van der Waals surface area contributed by atoms with Gasteiger partial charge < -0.3 is 10.5 Å². The first kappa shape index (κ1) is 15.9. The van der Waals surface area contributed by atoms with E-state index in [2.05, 4.69) is 19.1 Å². The van der Waals surface area contributed by atoms with Crippen molar-refractivity contribution in [1.82, 2.24) is 0 Å². The van der Waals surface area contributed by atoms with E-state index >= 15 is 0 Å². The Morgan fingerprint density at radius 2 is 1.92 bits per heavy atom. The Labute approximate surface area is 141 Å². The number of carbonyl (C=O) groups excluding carboxylic acids is 1. The van der Waals surface area contributed by atoms with Crippen LogP contribution in [0, 0.1) is 11.3 Å². The lowest BCUT2D eigenvalue weighted by atomic mass is 10.0. The summed E-state index contributed by atoms with van der Waals surface area (Å²) >= 11 is 0. The fraction of sp³-hybridized carbons (Fsp3) is 0.263. The first-order valence-corrected chi connectivity index (χ1v) is 7.94.